The number of allylic oxidation sites excluding steroid dienone is 4. The molecule has 4 nitrogen and oxygen atoms in total. The van der Waals surface area contributed by atoms with Crippen molar-refractivity contribution in [3.05, 3.63) is 22.3 Å². The lowest BCUT2D eigenvalue weighted by molar-refractivity contribution is -0.187. The molecular formula is C22H32O4. The molecule has 0 radical (unpaired) electrons. The topological polar surface area (TPSA) is 52.6 Å². The molecule has 0 aromatic rings. The number of fused-ring (bicyclic) bond motifs is 2. The van der Waals surface area contributed by atoms with Gasteiger partial charge in [0, 0.05) is 37.5 Å². The van der Waals surface area contributed by atoms with Gasteiger partial charge in [0.1, 0.15) is 12.2 Å². The maximum Gasteiger partial charge on any atom is 0.302 e. The summed E-state index contributed by atoms with van der Waals surface area (Å²) in [6, 6.07) is 0. The third-order valence-electron chi connectivity index (χ3n) is 7.02. The van der Waals surface area contributed by atoms with Crippen LogP contribution in [0.25, 0.3) is 0 Å². The predicted octanol–water partition coefficient (Wildman–Crippen LogP) is 4.59. The summed E-state index contributed by atoms with van der Waals surface area (Å²) in [5.41, 5.74) is 5.57. The van der Waals surface area contributed by atoms with Crippen molar-refractivity contribution in [1.82, 2.24) is 0 Å². The second-order valence-electron chi connectivity index (χ2n) is 8.74. The van der Waals surface area contributed by atoms with Crippen LogP contribution in [0, 0.1) is 23.7 Å². The third kappa shape index (κ3) is 3.47. The van der Waals surface area contributed by atoms with Crippen LogP contribution in [0.1, 0.15) is 67.2 Å². The molecule has 0 aromatic heterocycles. The number of esters is 2. The van der Waals surface area contributed by atoms with Crippen LogP contribution in [0.15, 0.2) is 22.3 Å². The first-order valence-corrected chi connectivity index (χ1v) is 9.84. The molecule has 0 spiro atoms. The number of rotatable bonds is 2. The Balaban J connectivity index is 2.04. The van der Waals surface area contributed by atoms with Crippen LogP contribution in [0.5, 0.6) is 0 Å². The van der Waals surface area contributed by atoms with Crippen LogP contribution >= 0.6 is 0 Å². The zero-order valence-corrected chi connectivity index (χ0v) is 16.9. The van der Waals surface area contributed by atoms with E-state index in [4.69, 9.17) is 9.47 Å². The Hall–Kier alpha value is -1.58. The molecule has 144 valence electrons. The molecule has 0 N–H and O–H groups in total. The normalized spacial score (nSPS) is 37.0. The summed E-state index contributed by atoms with van der Waals surface area (Å²) in [4.78, 5) is 23.8. The van der Waals surface area contributed by atoms with Gasteiger partial charge in [0.25, 0.3) is 0 Å². The quantitative estimate of drug-likeness (QED) is 0.534. The highest BCUT2D eigenvalue weighted by molar-refractivity contribution is 5.67. The van der Waals surface area contributed by atoms with Crippen molar-refractivity contribution < 1.29 is 19.1 Å². The van der Waals surface area contributed by atoms with E-state index >= 15 is 0 Å². The number of carbonyl (C=O) groups is 2. The summed E-state index contributed by atoms with van der Waals surface area (Å²) in [7, 11) is 0. The van der Waals surface area contributed by atoms with Gasteiger partial charge < -0.3 is 9.47 Å². The van der Waals surface area contributed by atoms with E-state index in [0.29, 0.717) is 0 Å². The van der Waals surface area contributed by atoms with Gasteiger partial charge in [-0.3, -0.25) is 9.59 Å². The Morgan fingerprint density at radius 3 is 1.04 bits per heavy atom. The monoisotopic (exact) mass is 360 g/mol. The van der Waals surface area contributed by atoms with Crippen molar-refractivity contribution in [1.29, 1.82) is 0 Å². The molecule has 3 aliphatic rings. The molecule has 4 heteroatoms. The SMILES string of the molecule is CC(=O)OC1[C@H]2CC(C)=C(C)C[C@H]2C(OC(C)=O)[C@@H]2CC(C)=C(C)C[C@H]12. The molecule has 1 fully saturated rings. The van der Waals surface area contributed by atoms with Crippen molar-refractivity contribution >= 4 is 11.9 Å². The summed E-state index contributed by atoms with van der Waals surface area (Å²) in [5.74, 6) is 0.537. The minimum Gasteiger partial charge on any atom is -0.462 e. The lowest BCUT2D eigenvalue weighted by Crippen LogP contribution is -2.56. The standard InChI is InChI=1S/C22H32O4/c1-11-7-17-18(8-12(11)2)22(26-16(6)24)20-10-14(4)13(3)9-19(20)21(17)25-15(5)23/h17-22H,7-10H2,1-6H3/t17-,18+,19-,20+,21?,22?. The summed E-state index contributed by atoms with van der Waals surface area (Å²) in [6.45, 7) is 11.7. The molecule has 0 aromatic carbocycles. The zero-order chi connectivity index (χ0) is 19.2. The second kappa shape index (κ2) is 7.21. The molecule has 3 rings (SSSR count). The van der Waals surface area contributed by atoms with Crippen LogP contribution in [-0.2, 0) is 19.1 Å². The number of carbonyl (C=O) groups excluding carboxylic acids is 2. The first kappa shape index (κ1) is 19.2. The molecule has 0 amide bonds. The van der Waals surface area contributed by atoms with E-state index < -0.39 is 0 Å². The number of ether oxygens (including phenoxy) is 2. The first-order valence-electron chi connectivity index (χ1n) is 9.84. The van der Waals surface area contributed by atoms with Gasteiger partial charge in [-0.25, -0.2) is 0 Å². The fourth-order valence-corrected chi connectivity index (χ4v) is 5.52. The minimum absolute atomic E-state index is 0.0830. The molecule has 1 saturated carbocycles. The Kier molecular flexibility index (Phi) is 5.32. The summed E-state index contributed by atoms with van der Waals surface area (Å²) in [6.07, 6.45) is 3.55. The molecule has 0 heterocycles. The van der Waals surface area contributed by atoms with Crippen LogP contribution < -0.4 is 0 Å². The van der Waals surface area contributed by atoms with E-state index in [-0.39, 0.29) is 47.8 Å². The van der Waals surface area contributed by atoms with E-state index in [0.717, 1.165) is 25.7 Å². The fraction of sp³-hybridized carbons (Fsp3) is 0.727. The summed E-state index contributed by atoms with van der Waals surface area (Å²) < 4.78 is 11.9. The van der Waals surface area contributed by atoms with Gasteiger partial charge in [0.15, 0.2) is 0 Å². The molecule has 3 aliphatic carbocycles. The number of hydrogen-bond donors (Lipinski definition) is 0. The van der Waals surface area contributed by atoms with E-state index in [1.807, 2.05) is 0 Å². The second-order valence-corrected chi connectivity index (χ2v) is 8.74. The third-order valence-corrected chi connectivity index (χ3v) is 7.02. The Morgan fingerprint density at radius 2 is 0.846 bits per heavy atom. The molecule has 4 atom stereocenters. The van der Waals surface area contributed by atoms with Crippen LogP contribution in [0.4, 0.5) is 0 Å². The van der Waals surface area contributed by atoms with Gasteiger partial charge in [-0.05, 0) is 53.4 Å². The van der Waals surface area contributed by atoms with Gasteiger partial charge in [0.05, 0.1) is 0 Å². The molecule has 0 saturated heterocycles. The average Bonchev–Trinajstić information content (AvgIpc) is 2.54. The average molecular weight is 360 g/mol. The fourth-order valence-electron chi connectivity index (χ4n) is 5.52. The van der Waals surface area contributed by atoms with Crippen molar-refractivity contribution in [3.8, 4) is 0 Å². The lowest BCUT2D eigenvalue weighted by Gasteiger charge is -2.54. The highest BCUT2D eigenvalue weighted by Crippen LogP contribution is 2.54. The molecule has 0 bridgehead atoms. The Morgan fingerprint density at radius 1 is 0.615 bits per heavy atom. The summed E-state index contributed by atoms with van der Waals surface area (Å²) in [5, 5.41) is 0. The van der Waals surface area contributed by atoms with Crippen molar-refractivity contribution in [2.24, 2.45) is 23.7 Å². The van der Waals surface area contributed by atoms with Gasteiger partial charge >= 0.3 is 11.9 Å². The maximum absolute atomic E-state index is 11.9. The van der Waals surface area contributed by atoms with Crippen molar-refractivity contribution in [2.45, 2.75) is 79.4 Å². The molecule has 26 heavy (non-hydrogen) atoms. The lowest BCUT2D eigenvalue weighted by atomic mass is 9.56. The van der Waals surface area contributed by atoms with Crippen LogP contribution in [0.3, 0.4) is 0 Å². The molecule has 0 aliphatic heterocycles. The van der Waals surface area contributed by atoms with E-state index in [9.17, 15) is 9.59 Å². The largest absolute Gasteiger partial charge is 0.462 e. The predicted molar refractivity (Wildman–Crippen MR) is 100 cm³/mol. The van der Waals surface area contributed by atoms with Crippen LogP contribution in [-0.4, -0.2) is 24.1 Å². The zero-order valence-electron chi connectivity index (χ0n) is 16.9. The van der Waals surface area contributed by atoms with E-state index in [1.54, 1.807) is 0 Å². The highest BCUT2D eigenvalue weighted by atomic mass is 16.6. The van der Waals surface area contributed by atoms with Gasteiger partial charge in [-0.15, -0.1) is 0 Å². The Bertz CT molecular complexity index is 574. The van der Waals surface area contributed by atoms with E-state index in [1.165, 1.54) is 36.1 Å². The van der Waals surface area contributed by atoms with Gasteiger partial charge in [-0.2, -0.15) is 0 Å². The first-order chi connectivity index (χ1) is 12.2. The maximum atomic E-state index is 11.9. The molecular weight excluding hydrogens is 328 g/mol. The molecule has 0 unspecified atom stereocenters. The number of hydrogen-bond acceptors (Lipinski definition) is 4. The summed E-state index contributed by atoms with van der Waals surface area (Å²) >= 11 is 0. The Labute approximate surface area is 157 Å². The van der Waals surface area contributed by atoms with Crippen LogP contribution in [0.2, 0.25) is 0 Å². The minimum atomic E-state index is -0.203. The van der Waals surface area contributed by atoms with E-state index in [2.05, 4.69) is 27.7 Å². The van der Waals surface area contributed by atoms with Gasteiger partial charge in [0.2, 0.25) is 0 Å². The highest BCUT2D eigenvalue weighted by Gasteiger charge is 2.55. The van der Waals surface area contributed by atoms with Gasteiger partial charge in [-0.1, -0.05) is 22.3 Å². The smallest absolute Gasteiger partial charge is 0.302 e. The van der Waals surface area contributed by atoms with Crippen molar-refractivity contribution in [2.75, 3.05) is 0 Å². The van der Waals surface area contributed by atoms with Crippen molar-refractivity contribution in [3.63, 3.8) is 0 Å².